The van der Waals surface area contributed by atoms with Crippen molar-refractivity contribution in [2.24, 2.45) is 0 Å². The molecule has 0 atom stereocenters. The largest absolute Gasteiger partial charge is 0.497 e. The van der Waals surface area contributed by atoms with Gasteiger partial charge in [0.15, 0.2) is 0 Å². The molecule has 0 saturated heterocycles. The number of amides is 1. The van der Waals surface area contributed by atoms with E-state index in [4.69, 9.17) is 9.47 Å². The smallest absolute Gasteiger partial charge is 0.274 e. The van der Waals surface area contributed by atoms with Crippen LogP contribution in [0.3, 0.4) is 0 Å². The predicted molar refractivity (Wildman–Crippen MR) is 113 cm³/mol. The van der Waals surface area contributed by atoms with Crippen molar-refractivity contribution in [2.45, 2.75) is 26.9 Å². The topological polar surface area (TPSA) is 85.4 Å². The lowest BCUT2D eigenvalue weighted by atomic mass is 10.2. The van der Waals surface area contributed by atoms with Crippen molar-refractivity contribution >= 4 is 23.1 Å². The minimum absolute atomic E-state index is 0.0364. The third-order valence-electron chi connectivity index (χ3n) is 3.91. The normalized spacial score (nSPS) is 10.5. The Bertz CT molecular complexity index is 1000. The number of rotatable bonds is 7. The third kappa shape index (κ3) is 5.44. The summed E-state index contributed by atoms with van der Waals surface area (Å²) in [5, 5.41) is 6.05. The molecular weight excluding hydrogens is 368 g/mol. The Labute approximate surface area is 170 Å². The molecule has 0 aliphatic rings. The Morgan fingerprint density at radius 1 is 1.03 bits per heavy atom. The fraction of sp³-hybridized carbons (Fsp3) is 0.227. The Hall–Kier alpha value is -3.61. The summed E-state index contributed by atoms with van der Waals surface area (Å²) >= 11 is 0. The highest BCUT2D eigenvalue weighted by Crippen LogP contribution is 2.28. The van der Waals surface area contributed by atoms with E-state index in [-0.39, 0.29) is 17.7 Å². The van der Waals surface area contributed by atoms with E-state index in [9.17, 15) is 4.79 Å². The molecule has 150 valence electrons. The number of methoxy groups -OCH3 is 1. The molecule has 2 N–H and O–H groups in total. The van der Waals surface area contributed by atoms with Gasteiger partial charge >= 0.3 is 0 Å². The van der Waals surface area contributed by atoms with Crippen LogP contribution in [0, 0.1) is 6.92 Å². The molecule has 0 fully saturated rings. The molecule has 7 nitrogen and oxygen atoms in total. The van der Waals surface area contributed by atoms with Gasteiger partial charge in [0.2, 0.25) is 0 Å². The summed E-state index contributed by atoms with van der Waals surface area (Å²) in [6, 6.07) is 16.3. The fourth-order valence-corrected chi connectivity index (χ4v) is 2.71. The quantitative estimate of drug-likeness (QED) is 0.612. The fourth-order valence-electron chi connectivity index (χ4n) is 2.71. The number of anilines is 3. The highest BCUT2D eigenvalue weighted by molar-refractivity contribution is 6.03. The first-order valence-electron chi connectivity index (χ1n) is 9.28. The summed E-state index contributed by atoms with van der Waals surface area (Å²) in [7, 11) is 1.58. The Morgan fingerprint density at radius 3 is 2.59 bits per heavy atom. The van der Waals surface area contributed by atoms with E-state index in [0.717, 1.165) is 5.69 Å². The number of carbonyl (C=O) groups is 1. The van der Waals surface area contributed by atoms with Crippen molar-refractivity contribution in [3.05, 3.63) is 66.1 Å². The number of para-hydroxylation sites is 2. The van der Waals surface area contributed by atoms with Gasteiger partial charge < -0.3 is 20.1 Å². The van der Waals surface area contributed by atoms with Crippen LogP contribution in [0.25, 0.3) is 0 Å². The lowest BCUT2D eigenvalue weighted by molar-refractivity contribution is 0.102. The SMILES string of the molecule is COc1cccc(NC(=O)c2cc(Nc3ccccc3OC(C)C)nc(C)n2)c1. The number of carbonyl (C=O) groups excluding carboxylic acids is 1. The molecule has 3 aromatic rings. The van der Waals surface area contributed by atoms with Crippen molar-refractivity contribution in [2.75, 3.05) is 17.7 Å². The zero-order valence-electron chi connectivity index (χ0n) is 16.9. The molecule has 0 bridgehead atoms. The third-order valence-corrected chi connectivity index (χ3v) is 3.91. The molecule has 7 heteroatoms. The maximum Gasteiger partial charge on any atom is 0.274 e. The van der Waals surface area contributed by atoms with E-state index in [0.29, 0.717) is 28.8 Å². The zero-order chi connectivity index (χ0) is 20.8. The van der Waals surface area contributed by atoms with Gasteiger partial charge in [-0.3, -0.25) is 4.79 Å². The van der Waals surface area contributed by atoms with Gasteiger partial charge in [0, 0.05) is 17.8 Å². The second-order valence-electron chi connectivity index (χ2n) is 6.66. The number of aryl methyl sites for hydroxylation is 1. The molecule has 0 aliphatic carbocycles. The molecule has 0 radical (unpaired) electrons. The van der Waals surface area contributed by atoms with Crippen LogP contribution >= 0.6 is 0 Å². The molecule has 29 heavy (non-hydrogen) atoms. The van der Waals surface area contributed by atoms with E-state index < -0.39 is 0 Å². The van der Waals surface area contributed by atoms with Crippen LogP contribution in [0.2, 0.25) is 0 Å². The lowest BCUT2D eigenvalue weighted by Crippen LogP contribution is -2.15. The average Bonchev–Trinajstić information content (AvgIpc) is 2.69. The Morgan fingerprint density at radius 2 is 1.83 bits per heavy atom. The number of hydrogen-bond acceptors (Lipinski definition) is 6. The summed E-state index contributed by atoms with van der Waals surface area (Å²) in [5.74, 6) is 2.02. The van der Waals surface area contributed by atoms with E-state index in [2.05, 4.69) is 20.6 Å². The van der Waals surface area contributed by atoms with Crippen LogP contribution in [-0.2, 0) is 0 Å². The van der Waals surface area contributed by atoms with E-state index in [1.165, 1.54) is 0 Å². The molecule has 0 unspecified atom stereocenters. The van der Waals surface area contributed by atoms with Crippen LogP contribution in [0.4, 0.5) is 17.2 Å². The van der Waals surface area contributed by atoms with Gasteiger partial charge in [-0.2, -0.15) is 0 Å². The average molecular weight is 392 g/mol. The number of nitrogens with one attached hydrogen (secondary N) is 2. The van der Waals surface area contributed by atoms with Crippen molar-refractivity contribution in [1.29, 1.82) is 0 Å². The summed E-state index contributed by atoms with van der Waals surface area (Å²) < 4.78 is 11.0. The van der Waals surface area contributed by atoms with Crippen LogP contribution in [0.5, 0.6) is 11.5 Å². The predicted octanol–water partition coefficient (Wildman–Crippen LogP) is 4.58. The van der Waals surface area contributed by atoms with E-state index in [1.54, 1.807) is 38.3 Å². The highest BCUT2D eigenvalue weighted by atomic mass is 16.5. The molecule has 1 heterocycles. The zero-order valence-corrected chi connectivity index (χ0v) is 16.9. The first-order valence-corrected chi connectivity index (χ1v) is 9.28. The first kappa shape index (κ1) is 20.1. The van der Waals surface area contributed by atoms with Crippen molar-refractivity contribution in [3.63, 3.8) is 0 Å². The van der Waals surface area contributed by atoms with Gasteiger partial charge in [0.05, 0.1) is 18.9 Å². The minimum Gasteiger partial charge on any atom is -0.497 e. The van der Waals surface area contributed by atoms with Crippen LogP contribution < -0.4 is 20.1 Å². The molecule has 0 spiro atoms. The number of nitrogens with zero attached hydrogens (tertiary/aromatic N) is 2. The molecule has 0 aliphatic heterocycles. The number of aromatic nitrogens is 2. The Kier molecular flexibility index (Phi) is 6.29. The summed E-state index contributed by atoms with van der Waals surface area (Å²) in [4.78, 5) is 21.3. The second-order valence-corrected chi connectivity index (χ2v) is 6.66. The molecular formula is C22H24N4O3. The number of ether oxygens (including phenoxy) is 2. The van der Waals surface area contributed by atoms with Gasteiger partial charge in [-0.1, -0.05) is 18.2 Å². The second kappa shape index (κ2) is 9.05. The minimum atomic E-state index is -0.335. The van der Waals surface area contributed by atoms with Crippen molar-refractivity contribution in [3.8, 4) is 11.5 Å². The van der Waals surface area contributed by atoms with Crippen LogP contribution in [0.1, 0.15) is 30.2 Å². The monoisotopic (exact) mass is 392 g/mol. The summed E-state index contributed by atoms with van der Waals surface area (Å²) in [6.07, 6.45) is 0.0364. The molecule has 2 aromatic carbocycles. The van der Waals surface area contributed by atoms with Crippen LogP contribution in [0.15, 0.2) is 54.6 Å². The Balaban J connectivity index is 1.82. The van der Waals surface area contributed by atoms with E-state index in [1.807, 2.05) is 44.2 Å². The molecule has 0 saturated carbocycles. The molecule has 1 amide bonds. The van der Waals surface area contributed by atoms with Gasteiger partial charge in [0.25, 0.3) is 5.91 Å². The maximum atomic E-state index is 12.7. The lowest BCUT2D eigenvalue weighted by Gasteiger charge is -2.15. The van der Waals surface area contributed by atoms with Crippen molar-refractivity contribution < 1.29 is 14.3 Å². The first-order chi connectivity index (χ1) is 13.9. The summed E-state index contributed by atoms with van der Waals surface area (Å²) in [6.45, 7) is 5.67. The van der Waals surface area contributed by atoms with Gasteiger partial charge in [-0.15, -0.1) is 0 Å². The van der Waals surface area contributed by atoms with Gasteiger partial charge in [-0.05, 0) is 45.0 Å². The highest BCUT2D eigenvalue weighted by Gasteiger charge is 2.13. The van der Waals surface area contributed by atoms with Crippen LogP contribution in [-0.4, -0.2) is 29.1 Å². The number of benzene rings is 2. The van der Waals surface area contributed by atoms with Crippen molar-refractivity contribution in [1.82, 2.24) is 9.97 Å². The molecule has 3 rings (SSSR count). The number of hydrogen-bond donors (Lipinski definition) is 2. The summed E-state index contributed by atoms with van der Waals surface area (Å²) in [5.41, 5.74) is 1.64. The standard InChI is InChI=1S/C22H24N4O3/c1-14(2)29-20-11-6-5-10-18(20)26-21-13-19(23-15(3)24-21)22(27)25-16-8-7-9-17(12-16)28-4/h5-14H,1-4H3,(H,25,27)(H,23,24,26). The van der Waals surface area contributed by atoms with Gasteiger partial charge in [-0.25, -0.2) is 9.97 Å². The van der Waals surface area contributed by atoms with E-state index >= 15 is 0 Å². The maximum absolute atomic E-state index is 12.7. The molecule has 1 aromatic heterocycles. The van der Waals surface area contributed by atoms with Gasteiger partial charge in [0.1, 0.15) is 28.8 Å².